The Morgan fingerprint density at radius 1 is 1.46 bits per heavy atom. The largest absolute Gasteiger partial charge is 0.333 e. The average molecular weight is 184 g/mol. The minimum absolute atomic E-state index is 0.0618. The molecule has 1 atom stereocenters. The zero-order valence-electron chi connectivity index (χ0n) is 9.22. The molecule has 0 saturated carbocycles. The lowest BCUT2D eigenvalue weighted by molar-refractivity contribution is 0.168. The highest BCUT2D eigenvalue weighted by atomic mass is 16.2. The fraction of sp³-hybridized carbons (Fsp3) is 0.900. The Hall–Kier alpha value is -0.730. The molecule has 0 aromatic heterocycles. The van der Waals surface area contributed by atoms with Crippen LogP contribution in [0.5, 0.6) is 0 Å². The van der Waals surface area contributed by atoms with Crippen LogP contribution in [0.1, 0.15) is 34.6 Å². The van der Waals surface area contributed by atoms with Crippen molar-refractivity contribution >= 4 is 6.03 Å². The van der Waals surface area contributed by atoms with Gasteiger partial charge in [0.1, 0.15) is 0 Å². The number of hydrogen-bond acceptors (Lipinski definition) is 1. The Labute approximate surface area is 80.5 Å². The van der Waals surface area contributed by atoms with Gasteiger partial charge in [-0.25, -0.2) is 4.79 Å². The third-order valence-corrected chi connectivity index (χ3v) is 2.55. The molecule has 2 amide bonds. The van der Waals surface area contributed by atoms with Gasteiger partial charge in [-0.1, -0.05) is 13.8 Å². The second-order valence-corrected chi connectivity index (χ2v) is 5.08. The Bertz CT molecular complexity index is 205. The van der Waals surface area contributed by atoms with Crippen molar-refractivity contribution in [2.75, 3.05) is 6.54 Å². The lowest BCUT2D eigenvalue weighted by atomic mass is 10.0. The van der Waals surface area contributed by atoms with Crippen molar-refractivity contribution in [3.05, 3.63) is 0 Å². The summed E-state index contributed by atoms with van der Waals surface area (Å²) >= 11 is 0. The van der Waals surface area contributed by atoms with Crippen LogP contribution in [0.15, 0.2) is 0 Å². The Balaban J connectivity index is 2.67. The first kappa shape index (κ1) is 10.4. The number of nitrogens with zero attached hydrogens (tertiary/aromatic N) is 1. The van der Waals surface area contributed by atoms with E-state index in [9.17, 15) is 4.79 Å². The van der Waals surface area contributed by atoms with Crippen molar-refractivity contribution in [2.24, 2.45) is 5.92 Å². The van der Waals surface area contributed by atoms with Crippen molar-refractivity contribution in [3.8, 4) is 0 Å². The van der Waals surface area contributed by atoms with Crippen LogP contribution in [0.3, 0.4) is 0 Å². The smallest absolute Gasteiger partial charge is 0.318 e. The zero-order chi connectivity index (χ0) is 10.2. The van der Waals surface area contributed by atoms with E-state index in [0.29, 0.717) is 12.0 Å². The number of nitrogens with one attached hydrogen (secondary N) is 1. The number of urea groups is 1. The summed E-state index contributed by atoms with van der Waals surface area (Å²) in [6, 6.07) is 0.387. The van der Waals surface area contributed by atoms with Gasteiger partial charge in [0.25, 0.3) is 0 Å². The highest BCUT2D eigenvalue weighted by Gasteiger charge is 2.36. The van der Waals surface area contributed by atoms with Gasteiger partial charge in [0.05, 0.1) is 6.04 Å². The maximum Gasteiger partial charge on any atom is 0.318 e. The standard InChI is InChI=1S/C10H20N2O/c1-7(2)8-6-12(9(13)11-8)10(3,4)5/h7-8H,6H2,1-5H3,(H,11,13)/t8-/m1/s1. The van der Waals surface area contributed by atoms with Crippen molar-refractivity contribution < 1.29 is 4.79 Å². The predicted octanol–water partition coefficient (Wildman–Crippen LogP) is 1.83. The van der Waals surface area contributed by atoms with Crippen LogP contribution < -0.4 is 5.32 Å². The lowest BCUT2D eigenvalue weighted by Gasteiger charge is -2.30. The van der Waals surface area contributed by atoms with Gasteiger partial charge in [0, 0.05) is 12.1 Å². The van der Waals surface area contributed by atoms with Gasteiger partial charge >= 0.3 is 6.03 Å². The van der Waals surface area contributed by atoms with E-state index in [1.165, 1.54) is 0 Å². The topological polar surface area (TPSA) is 32.3 Å². The maximum atomic E-state index is 11.6. The van der Waals surface area contributed by atoms with Gasteiger partial charge in [0.15, 0.2) is 0 Å². The molecule has 1 rings (SSSR count). The van der Waals surface area contributed by atoms with Crippen LogP contribution in [0, 0.1) is 5.92 Å². The van der Waals surface area contributed by atoms with Crippen LogP contribution in [-0.2, 0) is 0 Å². The van der Waals surface area contributed by atoms with E-state index in [1.54, 1.807) is 0 Å². The first-order chi connectivity index (χ1) is 5.82. The molecule has 3 nitrogen and oxygen atoms in total. The predicted molar refractivity (Wildman–Crippen MR) is 53.6 cm³/mol. The molecule has 13 heavy (non-hydrogen) atoms. The van der Waals surface area contributed by atoms with E-state index < -0.39 is 0 Å². The van der Waals surface area contributed by atoms with Crippen molar-refractivity contribution in [2.45, 2.75) is 46.2 Å². The van der Waals surface area contributed by atoms with Gasteiger partial charge in [-0.15, -0.1) is 0 Å². The van der Waals surface area contributed by atoms with Crippen LogP contribution in [-0.4, -0.2) is 29.1 Å². The molecule has 1 aliphatic heterocycles. The molecular weight excluding hydrogens is 164 g/mol. The normalized spacial score (nSPS) is 24.0. The van der Waals surface area contributed by atoms with Gasteiger partial charge in [-0.2, -0.15) is 0 Å². The lowest BCUT2D eigenvalue weighted by Crippen LogP contribution is -2.43. The first-order valence-corrected chi connectivity index (χ1v) is 4.90. The summed E-state index contributed by atoms with van der Waals surface area (Å²) in [5.74, 6) is 0.510. The third-order valence-electron chi connectivity index (χ3n) is 2.55. The second kappa shape index (κ2) is 3.20. The molecule has 0 aromatic rings. The first-order valence-electron chi connectivity index (χ1n) is 4.90. The van der Waals surface area contributed by atoms with Gasteiger partial charge < -0.3 is 10.2 Å². The molecule has 0 radical (unpaired) electrons. The molecule has 0 unspecified atom stereocenters. The van der Waals surface area contributed by atoms with Gasteiger partial charge in [-0.3, -0.25) is 0 Å². The maximum absolute atomic E-state index is 11.6. The van der Waals surface area contributed by atoms with E-state index in [0.717, 1.165) is 6.54 Å². The highest BCUT2D eigenvalue weighted by molar-refractivity contribution is 5.77. The average Bonchev–Trinajstić information content (AvgIpc) is 2.29. The molecule has 1 saturated heterocycles. The summed E-state index contributed by atoms with van der Waals surface area (Å²) in [5, 5.41) is 3.00. The number of carbonyl (C=O) groups excluding carboxylic acids is 1. The summed E-state index contributed by atoms with van der Waals surface area (Å²) in [7, 11) is 0. The van der Waals surface area contributed by atoms with Crippen molar-refractivity contribution in [1.82, 2.24) is 10.2 Å². The fourth-order valence-electron chi connectivity index (χ4n) is 1.52. The van der Waals surface area contributed by atoms with E-state index >= 15 is 0 Å². The van der Waals surface area contributed by atoms with E-state index in [1.807, 2.05) is 4.90 Å². The molecular formula is C10H20N2O. The van der Waals surface area contributed by atoms with Crippen LogP contribution in [0.4, 0.5) is 4.79 Å². The molecule has 0 aliphatic carbocycles. The molecule has 0 bridgehead atoms. The Morgan fingerprint density at radius 2 is 2.00 bits per heavy atom. The number of amides is 2. The number of hydrogen-bond donors (Lipinski definition) is 1. The quantitative estimate of drug-likeness (QED) is 0.662. The zero-order valence-corrected chi connectivity index (χ0v) is 9.22. The SMILES string of the molecule is CC(C)[C@H]1CN(C(C)(C)C)C(=O)N1. The summed E-state index contributed by atoms with van der Waals surface area (Å²) in [5.41, 5.74) is -0.0618. The Kier molecular flexibility index (Phi) is 2.55. The van der Waals surface area contributed by atoms with Gasteiger partial charge in [0.2, 0.25) is 0 Å². The van der Waals surface area contributed by atoms with Crippen LogP contribution in [0.25, 0.3) is 0 Å². The molecule has 76 valence electrons. The Morgan fingerprint density at radius 3 is 2.23 bits per heavy atom. The molecule has 0 aromatic carbocycles. The van der Waals surface area contributed by atoms with Crippen molar-refractivity contribution in [1.29, 1.82) is 0 Å². The monoisotopic (exact) mass is 184 g/mol. The molecule has 1 fully saturated rings. The molecule has 1 aliphatic rings. The molecule has 0 spiro atoms. The van der Waals surface area contributed by atoms with E-state index in [2.05, 4.69) is 39.9 Å². The van der Waals surface area contributed by atoms with E-state index in [4.69, 9.17) is 0 Å². The van der Waals surface area contributed by atoms with E-state index in [-0.39, 0.29) is 11.6 Å². The summed E-state index contributed by atoms with van der Waals surface area (Å²) < 4.78 is 0. The third kappa shape index (κ3) is 2.14. The number of rotatable bonds is 1. The summed E-state index contributed by atoms with van der Waals surface area (Å²) in [4.78, 5) is 13.5. The second-order valence-electron chi connectivity index (χ2n) is 5.08. The molecule has 1 heterocycles. The van der Waals surface area contributed by atoms with Crippen LogP contribution >= 0.6 is 0 Å². The van der Waals surface area contributed by atoms with Crippen molar-refractivity contribution in [3.63, 3.8) is 0 Å². The molecule has 3 heteroatoms. The van der Waals surface area contributed by atoms with Crippen LogP contribution in [0.2, 0.25) is 0 Å². The number of carbonyl (C=O) groups is 1. The summed E-state index contributed by atoms with van der Waals surface area (Å²) in [6.07, 6.45) is 0. The minimum Gasteiger partial charge on any atom is -0.333 e. The fourth-order valence-corrected chi connectivity index (χ4v) is 1.52. The molecule has 1 N–H and O–H groups in total. The minimum atomic E-state index is -0.0618. The highest BCUT2D eigenvalue weighted by Crippen LogP contribution is 2.20. The summed E-state index contributed by atoms with van der Waals surface area (Å²) in [6.45, 7) is 11.3. The van der Waals surface area contributed by atoms with Gasteiger partial charge in [-0.05, 0) is 26.7 Å².